The SMILES string of the molecule is CC(Nc1ccc(C(=O)NCc2ccc(CN3CCN(C)CC3)cc2)cc1[N+](=O)[O-])c1ccccn1. The zero-order valence-corrected chi connectivity index (χ0v) is 20.7. The fourth-order valence-corrected chi connectivity index (χ4v) is 4.20. The molecule has 1 saturated heterocycles. The third-order valence-corrected chi connectivity index (χ3v) is 6.44. The van der Waals surface area contributed by atoms with Gasteiger partial charge in [-0.1, -0.05) is 30.3 Å². The predicted molar refractivity (Wildman–Crippen MR) is 140 cm³/mol. The lowest BCUT2D eigenvalue weighted by atomic mass is 10.1. The summed E-state index contributed by atoms with van der Waals surface area (Å²) < 4.78 is 0. The molecule has 1 unspecified atom stereocenters. The minimum atomic E-state index is -0.483. The third kappa shape index (κ3) is 6.65. The topological polar surface area (TPSA) is 104 Å². The van der Waals surface area contributed by atoms with E-state index in [-0.39, 0.29) is 23.2 Å². The summed E-state index contributed by atoms with van der Waals surface area (Å²) in [6.07, 6.45) is 1.68. The quantitative estimate of drug-likeness (QED) is 0.348. The number of nitro benzene ring substituents is 1. The van der Waals surface area contributed by atoms with Gasteiger partial charge in [0.15, 0.2) is 0 Å². The molecule has 9 nitrogen and oxygen atoms in total. The van der Waals surface area contributed by atoms with Gasteiger partial charge in [-0.15, -0.1) is 0 Å². The zero-order valence-electron chi connectivity index (χ0n) is 20.7. The first-order valence-corrected chi connectivity index (χ1v) is 12.1. The van der Waals surface area contributed by atoms with Crippen LogP contribution in [0.25, 0.3) is 0 Å². The van der Waals surface area contributed by atoms with Crippen molar-refractivity contribution in [2.45, 2.75) is 26.1 Å². The number of likely N-dealkylation sites (N-methyl/N-ethyl adjacent to an activating group) is 1. The first-order chi connectivity index (χ1) is 17.4. The number of benzene rings is 2. The summed E-state index contributed by atoms with van der Waals surface area (Å²) in [5.74, 6) is -0.357. The lowest BCUT2D eigenvalue weighted by molar-refractivity contribution is -0.384. The summed E-state index contributed by atoms with van der Waals surface area (Å²) in [4.78, 5) is 33.0. The van der Waals surface area contributed by atoms with Crippen LogP contribution in [0, 0.1) is 10.1 Å². The maximum absolute atomic E-state index is 12.7. The van der Waals surface area contributed by atoms with E-state index in [0.717, 1.165) is 44.0 Å². The van der Waals surface area contributed by atoms with Crippen molar-refractivity contribution in [3.05, 3.63) is 99.4 Å². The predicted octanol–water partition coefficient (Wildman–Crippen LogP) is 3.84. The second kappa shape index (κ2) is 11.7. The van der Waals surface area contributed by atoms with Gasteiger partial charge < -0.3 is 15.5 Å². The highest BCUT2D eigenvalue weighted by Crippen LogP contribution is 2.29. The third-order valence-electron chi connectivity index (χ3n) is 6.44. The number of hydrogen-bond acceptors (Lipinski definition) is 7. The summed E-state index contributed by atoms with van der Waals surface area (Å²) in [5.41, 5.74) is 3.41. The Balaban J connectivity index is 1.35. The smallest absolute Gasteiger partial charge is 0.293 e. The van der Waals surface area contributed by atoms with Crippen LogP contribution in [0.4, 0.5) is 11.4 Å². The van der Waals surface area contributed by atoms with Gasteiger partial charge in [0.1, 0.15) is 5.69 Å². The molecule has 1 fully saturated rings. The Bertz CT molecular complexity index is 1180. The maximum atomic E-state index is 12.7. The molecule has 36 heavy (non-hydrogen) atoms. The van der Waals surface area contributed by atoms with E-state index in [0.29, 0.717) is 12.2 Å². The minimum Gasteiger partial charge on any atom is -0.371 e. The monoisotopic (exact) mass is 488 g/mol. The molecule has 0 spiro atoms. The van der Waals surface area contributed by atoms with E-state index in [1.807, 2.05) is 37.3 Å². The normalized spacial score (nSPS) is 15.3. The molecule has 0 bridgehead atoms. The molecule has 1 atom stereocenters. The molecule has 2 aromatic carbocycles. The first-order valence-electron chi connectivity index (χ1n) is 12.1. The summed E-state index contributed by atoms with van der Waals surface area (Å²) in [6, 6.07) is 18.0. The van der Waals surface area contributed by atoms with Crippen molar-refractivity contribution in [3.63, 3.8) is 0 Å². The molecule has 1 amide bonds. The number of amides is 1. The number of nitro groups is 1. The van der Waals surface area contributed by atoms with Gasteiger partial charge in [-0.3, -0.25) is 24.8 Å². The molecule has 0 radical (unpaired) electrons. The second-order valence-electron chi connectivity index (χ2n) is 9.19. The number of nitrogens with one attached hydrogen (secondary N) is 2. The molecule has 0 saturated carbocycles. The molecule has 0 aliphatic carbocycles. The fraction of sp³-hybridized carbons (Fsp3) is 0.333. The van der Waals surface area contributed by atoms with E-state index in [4.69, 9.17) is 0 Å². The van der Waals surface area contributed by atoms with Crippen LogP contribution in [0.5, 0.6) is 0 Å². The van der Waals surface area contributed by atoms with Gasteiger partial charge in [0, 0.05) is 57.1 Å². The number of aromatic nitrogens is 1. The summed E-state index contributed by atoms with van der Waals surface area (Å²) >= 11 is 0. The van der Waals surface area contributed by atoms with E-state index in [9.17, 15) is 14.9 Å². The molecule has 2 N–H and O–H groups in total. The van der Waals surface area contributed by atoms with Crippen molar-refractivity contribution in [3.8, 4) is 0 Å². The van der Waals surface area contributed by atoms with Crippen molar-refractivity contribution < 1.29 is 9.72 Å². The van der Waals surface area contributed by atoms with Gasteiger partial charge in [-0.25, -0.2) is 0 Å². The Morgan fingerprint density at radius 3 is 2.44 bits per heavy atom. The van der Waals surface area contributed by atoms with E-state index in [1.54, 1.807) is 18.3 Å². The van der Waals surface area contributed by atoms with E-state index >= 15 is 0 Å². The lowest BCUT2D eigenvalue weighted by Gasteiger charge is -2.32. The van der Waals surface area contributed by atoms with Crippen molar-refractivity contribution >= 4 is 17.3 Å². The van der Waals surface area contributed by atoms with Crippen LogP contribution in [0.3, 0.4) is 0 Å². The first kappa shape index (κ1) is 25.3. The maximum Gasteiger partial charge on any atom is 0.293 e. The Morgan fingerprint density at radius 2 is 1.78 bits per heavy atom. The summed E-state index contributed by atoms with van der Waals surface area (Å²) in [6.45, 7) is 7.45. The van der Waals surface area contributed by atoms with Crippen LogP contribution in [0.1, 0.15) is 40.1 Å². The van der Waals surface area contributed by atoms with Crippen LogP contribution in [0.15, 0.2) is 66.9 Å². The van der Waals surface area contributed by atoms with Gasteiger partial charge in [-0.2, -0.15) is 0 Å². The van der Waals surface area contributed by atoms with Crippen molar-refractivity contribution in [2.75, 3.05) is 38.5 Å². The molecular formula is C27H32N6O3. The lowest BCUT2D eigenvalue weighted by Crippen LogP contribution is -2.43. The van der Waals surface area contributed by atoms with Gasteiger partial charge in [0.05, 0.1) is 16.7 Å². The summed E-state index contributed by atoms with van der Waals surface area (Å²) in [7, 11) is 2.15. The average Bonchev–Trinajstić information content (AvgIpc) is 2.90. The summed E-state index contributed by atoms with van der Waals surface area (Å²) in [5, 5.41) is 17.7. The van der Waals surface area contributed by atoms with Crippen LogP contribution < -0.4 is 10.6 Å². The molecule has 3 aromatic rings. The van der Waals surface area contributed by atoms with Crippen LogP contribution in [0.2, 0.25) is 0 Å². The molecule has 188 valence electrons. The van der Waals surface area contributed by atoms with E-state index in [1.165, 1.54) is 11.6 Å². The highest BCUT2D eigenvalue weighted by Gasteiger charge is 2.20. The average molecular weight is 489 g/mol. The van der Waals surface area contributed by atoms with E-state index < -0.39 is 4.92 Å². The fourth-order valence-electron chi connectivity index (χ4n) is 4.20. The number of anilines is 1. The molecule has 1 aliphatic heterocycles. The van der Waals surface area contributed by atoms with Crippen molar-refractivity contribution in [1.82, 2.24) is 20.1 Å². The largest absolute Gasteiger partial charge is 0.371 e. The van der Waals surface area contributed by atoms with Crippen LogP contribution in [-0.4, -0.2) is 58.8 Å². The Hall–Kier alpha value is -3.82. The number of piperazine rings is 1. The van der Waals surface area contributed by atoms with Crippen molar-refractivity contribution in [1.29, 1.82) is 0 Å². The van der Waals surface area contributed by atoms with Crippen LogP contribution >= 0.6 is 0 Å². The number of carbonyl (C=O) groups is 1. The number of hydrogen-bond donors (Lipinski definition) is 2. The number of pyridine rings is 1. The molecular weight excluding hydrogens is 456 g/mol. The van der Waals surface area contributed by atoms with Gasteiger partial charge in [0.2, 0.25) is 0 Å². The van der Waals surface area contributed by atoms with E-state index in [2.05, 4.69) is 44.6 Å². The highest BCUT2D eigenvalue weighted by molar-refractivity contribution is 5.95. The van der Waals surface area contributed by atoms with Gasteiger partial charge in [0.25, 0.3) is 11.6 Å². The van der Waals surface area contributed by atoms with Gasteiger partial charge >= 0.3 is 0 Å². The molecule has 1 aromatic heterocycles. The van der Waals surface area contributed by atoms with Crippen LogP contribution in [-0.2, 0) is 13.1 Å². The molecule has 1 aliphatic rings. The number of carbonyl (C=O) groups excluding carboxylic acids is 1. The standard InChI is InChI=1S/C27H32N6O3/c1-20(24-5-3-4-12-28-24)30-25-11-10-23(17-26(25)33(35)36)27(34)29-18-21-6-8-22(9-7-21)19-32-15-13-31(2)14-16-32/h3-12,17,20,30H,13-16,18-19H2,1-2H3,(H,29,34). The van der Waals surface area contributed by atoms with Crippen molar-refractivity contribution in [2.24, 2.45) is 0 Å². The Labute approximate surface area is 211 Å². The highest BCUT2D eigenvalue weighted by atomic mass is 16.6. The number of nitrogens with zero attached hydrogens (tertiary/aromatic N) is 4. The second-order valence-corrected chi connectivity index (χ2v) is 9.19. The minimum absolute atomic E-state index is 0.154. The number of rotatable bonds is 9. The Kier molecular flexibility index (Phi) is 8.24. The zero-order chi connectivity index (χ0) is 25.5. The molecule has 9 heteroatoms. The Morgan fingerprint density at radius 1 is 1.06 bits per heavy atom. The molecule has 4 rings (SSSR count). The molecule has 2 heterocycles. The van der Waals surface area contributed by atoms with Gasteiger partial charge in [-0.05, 0) is 49.4 Å².